The molecule has 0 unspecified atom stereocenters. The molecule has 1 heterocycles. The molecule has 5 aromatic carbocycles. The summed E-state index contributed by atoms with van der Waals surface area (Å²) in [5, 5.41) is 2.99. The van der Waals surface area contributed by atoms with Crippen molar-refractivity contribution in [2.75, 3.05) is 48.5 Å². The predicted molar refractivity (Wildman–Crippen MR) is 180 cm³/mol. The Kier molecular flexibility index (Phi) is 9.06. The monoisotopic (exact) mass is 597 g/mol. The molecular weight excluding hydrogens is 562 g/mol. The molecule has 0 bridgehead atoms. The smallest absolute Gasteiger partial charge is 0.258 e. The van der Waals surface area contributed by atoms with Crippen molar-refractivity contribution in [3.8, 4) is 22.6 Å². The zero-order chi connectivity index (χ0) is 31.0. The van der Waals surface area contributed by atoms with Gasteiger partial charge in [-0.15, -0.1) is 0 Å². The number of nitrogens with zero attached hydrogens (tertiary/aromatic N) is 2. The second-order valence-electron chi connectivity index (χ2n) is 10.8. The summed E-state index contributed by atoms with van der Waals surface area (Å²) in [7, 11) is 1.64. The minimum absolute atomic E-state index is 0.0794. The van der Waals surface area contributed by atoms with Gasteiger partial charge >= 0.3 is 0 Å². The number of ether oxygens (including phenoxy) is 2. The maximum Gasteiger partial charge on any atom is 0.258 e. The van der Waals surface area contributed by atoms with Crippen molar-refractivity contribution in [2.24, 2.45) is 0 Å². The van der Waals surface area contributed by atoms with Gasteiger partial charge in [0, 0.05) is 36.0 Å². The number of amides is 2. The van der Waals surface area contributed by atoms with Crippen molar-refractivity contribution < 1.29 is 19.1 Å². The van der Waals surface area contributed by atoms with Crippen LogP contribution >= 0.6 is 0 Å². The highest BCUT2D eigenvalue weighted by Crippen LogP contribution is 2.33. The highest BCUT2D eigenvalue weighted by molar-refractivity contribution is 6.10. The summed E-state index contributed by atoms with van der Waals surface area (Å²) in [6.45, 7) is 2.58. The number of anilines is 3. The largest absolute Gasteiger partial charge is 0.497 e. The van der Waals surface area contributed by atoms with Gasteiger partial charge in [-0.2, -0.15) is 0 Å². The zero-order valence-corrected chi connectivity index (χ0v) is 25.2. The van der Waals surface area contributed by atoms with E-state index in [1.54, 1.807) is 31.4 Å². The molecule has 0 aliphatic carbocycles. The molecule has 7 heteroatoms. The number of carbonyl (C=O) groups is 2. The van der Waals surface area contributed by atoms with E-state index in [-0.39, 0.29) is 11.8 Å². The Morgan fingerprint density at radius 1 is 0.733 bits per heavy atom. The quantitative estimate of drug-likeness (QED) is 0.190. The molecule has 1 aliphatic heterocycles. The Bertz CT molecular complexity index is 1770. The molecule has 2 amide bonds. The maximum absolute atomic E-state index is 13.8. The highest BCUT2D eigenvalue weighted by Gasteiger charge is 2.25. The van der Waals surface area contributed by atoms with Crippen LogP contribution in [-0.4, -0.2) is 45.2 Å². The summed E-state index contributed by atoms with van der Waals surface area (Å²) in [5.74, 6) is 1.23. The van der Waals surface area contributed by atoms with Gasteiger partial charge in [-0.1, -0.05) is 66.7 Å². The fourth-order valence-electron chi connectivity index (χ4n) is 5.63. The van der Waals surface area contributed by atoms with Crippen LogP contribution in [0.5, 0.6) is 11.5 Å². The van der Waals surface area contributed by atoms with E-state index < -0.39 is 0 Å². The molecule has 0 saturated heterocycles. The van der Waals surface area contributed by atoms with Gasteiger partial charge in [0.05, 0.1) is 25.0 Å². The number of hydrogen-bond donors (Lipinski definition) is 1. The van der Waals surface area contributed by atoms with Crippen molar-refractivity contribution in [1.29, 1.82) is 0 Å². The van der Waals surface area contributed by atoms with Crippen LogP contribution in [0.1, 0.15) is 27.1 Å². The molecule has 0 radical (unpaired) electrons. The van der Waals surface area contributed by atoms with E-state index in [1.807, 2.05) is 102 Å². The van der Waals surface area contributed by atoms with Gasteiger partial charge in [0.2, 0.25) is 0 Å². The van der Waals surface area contributed by atoms with Gasteiger partial charge in [0.15, 0.2) is 0 Å². The SMILES string of the molecule is COc1cccc(OCCN2CCCN(C(=O)c3ccc(NC(=O)c4ccccc4-c4ccccc4)cc3)c3ccccc32)c1. The van der Waals surface area contributed by atoms with Crippen LogP contribution in [0, 0.1) is 0 Å². The van der Waals surface area contributed by atoms with E-state index in [1.165, 1.54) is 0 Å². The standard InChI is InChI=1S/C38H35N3O4/c1-44-31-13-9-14-32(27-31)45-26-25-40-23-10-24-41(36-18-8-7-17-35(36)40)38(43)29-19-21-30(22-20-29)39-37(42)34-16-6-5-15-33(34)28-11-3-2-4-12-28/h2-9,11-22,27H,10,23-26H2,1H3,(H,39,42). The maximum atomic E-state index is 13.8. The van der Waals surface area contributed by atoms with E-state index in [2.05, 4.69) is 16.3 Å². The Morgan fingerprint density at radius 3 is 2.24 bits per heavy atom. The summed E-state index contributed by atoms with van der Waals surface area (Å²) in [5.41, 5.74) is 5.48. The van der Waals surface area contributed by atoms with Crippen LogP contribution in [-0.2, 0) is 0 Å². The minimum Gasteiger partial charge on any atom is -0.497 e. The van der Waals surface area contributed by atoms with Gasteiger partial charge in [-0.25, -0.2) is 0 Å². The lowest BCUT2D eigenvalue weighted by molar-refractivity contribution is 0.0986. The Balaban J connectivity index is 1.13. The van der Waals surface area contributed by atoms with Gasteiger partial charge in [-0.05, 0) is 72.1 Å². The highest BCUT2D eigenvalue weighted by atomic mass is 16.5. The molecule has 0 atom stereocenters. The lowest BCUT2D eigenvalue weighted by Crippen LogP contribution is -2.31. The number of para-hydroxylation sites is 2. The second-order valence-corrected chi connectivity index (χ2v) is 10.8. The fraction of sp³-hybridized carbons (Fsp3) is 0.158. The van der Waals surface area contributed by atoms with Crippen molar-refractivity contribution in [3.05, 3.63) is 139 Å². The first-order valence-electron chi connectivity index (χ1n) is 15.1. The molecule has 7 nitrogen and oxygen atoms in total. The van der Waals surface area contributed by atoms with Crippen molar-refractivity contribution in [3.63, 3.8) is 0 Å². The zero-order valence-electron chi connectivity index (χ0n) is 25.2. The molecule has 0 fully saturated rings. The van der Waals surface area contributed by atoms with E-state index in [0.29, 0.717) is 36.5 Å². The van der Waals surface area contributed by atoms with Crippen LogP contribution in [0.15, 0.2) is 127 Å². The first-order valence-corrected chi connectivity index (χ1v) is 15.1. The molecule has 0 aromatic heterocycles. The van der Waals surface area contributed by atoms with Crippen LogP contribution in [0.2, 0.25) is 0 Å². The lowest BCUT2D eigenvalue weighted by atomic mass is 9.99. The summed E-state index contributed by atoms with van der Waals surface area (Å²) in [6.07, 6.45) is 0.814. The molecule has 1 aliphatic rings. The molecular formula is C38H35N3O4. The number of hydrogen-bond acceptors (Lipinski definition) is 5. The minimum atomic E-state index is -0.203. The molecule has 1 N–H and O–H groups in total. The van der Waals surface area contributed by atoms with Crippen molar-refractivity contribution >= 4 is 28.9 Å². The number of fused-ring (bicyclic) bond motifs is 1. The predicted octanol–water partition coefficient (Wildman–Crippen LogP) is 7.55. The number of benzene rings is 5. The molecule has 6 rings (SSSR count). The molecule has 45 heavy (non-hydrogen) atoms. The van der Waals surface area contributed by atoms with Crippen LogP contribution < -0.4 is 24.6 Å². The number of nitrogens with one attached hydrogen (secondary N) is 1. The Hall–Kier alpha value is -5.56. The Labute approximate surface area is 263 Å². The van der Waals surface area contributed by atoms with Crippen LogP contribution in [0.25, 0.3) is 11.1 Å². The van der Waals surface area contributed by atoms with E-state index in [0.717, 1.165) is 47.0 Å². The normalized spacial score (nSPS) is 12.6. The van der Waals surface area contributed by atoms with E-state index >= 15 is 0 Å². The third-order valence-electron chi connectivity index (χ3n) is 7.89. The summed E-state index contributed by atoms with van der Waals surface area (Å²) in [4.78, 5) is 31.2. The second kappa shape index (κ2) is 13.8. The average molecular weight is 598 g/mol. The van der Waals surface area contributed by atoms with Crippen LogP contribution in [0.3, 0.4) is 0 Å². The lowest BCUT2D eigenvalue weighted by Gasteiger charge is -2.27. The van der Waals surface area contributed by atoms with E-state index in [9.17, 15) is 9.59 Å². The van der Waals surface area contributed by atoms with Gasteiger partial charge in [0.25, 0.3) is 11.8 Å². The van der Waals surface area contributed by atoms with E-state index in [4.69, 9.17) is 9.47 Å². The molecule has 0 saturated carbocycles. The first-order chi connectivity index (χ1) is 22.1. The summed E-state index contributed by atoms with van der Waals surface area (Å²) >= 11 is 0. The average Bonchev–Trinajstić information content (AvgIpc) is 3.28. The third-order valence-corrected chi connectivity index (χ3v) is 7.89. The van der Waals surface area contributed by atoms with Crippen molar-refractivity contribution in [2.45, 2.75) is 6.42 Å². The molecule has 5 aromatic rings. The fourth-order valence-corrected chi connectivity index (χ4v) is 5.63. The van der Waals surface area contributed by atoms with Gasteiger partial charge < -0.3 is 24.6 Å². The number of rotatable bonds is 9. The van der Waals surface area contributed by atoms with Gasteiger partial charge in [0.1, 0.15) is 18.1 Å². The van der Waals surface area contributed by atoms with Crippen molar-refractivity contribution in [1.82, 2.24) is 0 Å². The third kappa shape index (κ3) is 6.83. The number of methoxy groups -OCH3 is 1. The van der Waals surface area contributed by atoms with Gasteiger partial charge in [-0.3, -0.25) is 9.59 Å². The topological polar surface area (TPSA) is 71.1 Å². The molecule has 226 valence electrons. The first kappa shape index (κ1) is 29.5. The summed E-state index contributed by atoms with van der Waals surface area (Å²) in [6, 6.07) is 40.1. The number of carbonyl (C=O) groups excluding carboxylic acids is 2. The Morgan fingerprint density at radius 2 is 1.44 bits per heavy atom. The summed E-state index contributed by atoms with van der Waals surface area (Å²) < 4.78 is 11.3. The molecule has 0 spiro atoms. The van der Waals surface area contributed by atoms with Crippen LogP contribution in [0.4, 0.5) is 17.1 Å².